The Morgan fingerprint density at radius 2 is 2.00 bits per heavy atom. The highest BCUT2D eigenvalue weighted by Gasteiger charge is 2.16. The number of nitrogens with zero attached hydrogens (tertiary/aromatic N) is 7. The molecule has 0 aliphatic heterocycles. The summed E-state index contributed by atoms with van der Waals surface area (Å²) in [5.74, 6) is 0.138. The van der Waals surface area contributed by atoms with Crippen molar-refractivity contribution in [3.63, 3.8) is 0 Å². The van der Waals surface area contributed by atoms with Crippen molar-refractivity contribution in [2.45, 2.75) is 12.1 Å². The van der Waals surface area contributed by atoms with Gasteiger partial charge in [-0.3, -0.25) is 14.9 Å². The van der Waals surface area contributed by atoms with Gasteiger partial charge in [-0.25, -0.2) is 10.1 Å². The number of thioether (sulfide) groups is 1. The second-order valence-electron chi connectivity index (χ2n) is 7.29. The van der Waals surface area contributed by atoms with Crippen LogP contribution in [-0.4, -0.2) is 47.3 Å². The highest BCUT2D eigenvalue weighted by atomic mass is 35.5. The first-order valence-electron chi connectivity index (χ1n) is 10.2. The number of hydrogen-bond acceptors (Lipinski definition) is 8. The van der Waals surface area contributed by atoms with Crippen molar-refractivity contribution in [3.8, 4) is 17.1 Å². The number of rotatable bonds is 8. The zero-order valence-corrected chi connectivity index (χ0v) is 20.2. The van der Waals surface area contributed by atoms with Gasteiger partial charge in [0.05, 0.1) is 33.8 Å². The number of nitro benzene ring substituents is 1. The lowest BCUT2D eigenvalue weighted by Crippen LogP contribution is -2.20. The number of carbonyl (C=O) groups is 1. The number of halogens is 1. The Labute approximate surface area is 209 Å². The van der Waals surface area contributed by atoms with Gasteiger partial charge in [-0.15, -0.1) is 10.2 Å². The molecule has 0 spiro atoms. The number of non-ortho nitro benzene ring substituents is 1. The number of benzene rings is 2. The SMILES string of the molecule is Cc1nn(-c2ccccc2)c(Cl)c1/C=N\NC(=O)CSc1nnc(-c2cccc([N+](=O)[O-])c2)n1C. The second kappa shape index (κ2) is 10.5. The van der Waals surface area contributed by atoms with E-state index >= 15 is 0 Å². The molecule has 0 saturated heterocycles. The van der Waals surface area contributed by atoms with Crippen LogP contribution in [0.2, 0.25) is 5.15 Å². The molecule has 2 aromatic carbocycles. The maximum Gasteiger partial charge on any atom is 0.270 e. The molecule has 13 heteroatoms. The van der Waals surface area contributed by atoms with Crippen LogP contribution in [0.1, 0.15) is 11.3 Å². The Morgan fingerprint density at radius 3 is 2.74 bits per heavy atom. The van der Waals surface area contributed by atoms with Gasteiger partial charge < -0.3 is 4.57 Å². The van der Waals surface area contributed by atoms with Crippen LogP contribution in [0.15, 0.2) is 64.9 Å². The van der Waals surface area contributed by atoms with Gasteiger partial charge in [0.1, 0.15) is 5.15 Å². The molecule has 0 unspecified atom stereocenters. The molecule has 0 saturated carbocycles. The average molecular weight is 511 g/mol. The number of nitrogens with one attached hydrogen (secondary N) is 1. The molecular formula is C22H19ClN8O3S. The molecule has 0 aliphatic carbocycles. The third-order valence-corrected chi connectivity index (χ3v) is 6.30. The van der Waals surface area contributed by atoms with Gasteiger partial charge in [0.15, 0.2) is 11.0 Å². The minimum absolute atomic E-state index is 0.0360. The lowest BCUT2D eigenvalue weighted by atomic mass is 10.2. The number of carbonyl (C=O) groups excluding carboxylic acids is 1. The summed E-state index contributed by atoms with van der Waals surface area (Å²) in [5.41, 5.74) is 5.05. The van der Waals surface area contributed by atoms with Gasteiger partial charge in [0.2, 0.25) is 0 Å². The van der Waals surface area contributed by atoms with Gasteiger partial charge in [-0.2, -0.15) is 10.2 Å². The minimum Gasteiger partial charge on any atom is -0.305 e. The Morgan fingerprint density at radius 1 is 1.23 bits per heavy atom. The molecule has 1 N–H and O–H groups in total. The lowest BCUT2D eigenvalue weighted by molar-refractivity contribution is -0.384. The molecule has 4 rings (SSSR count). The van der Waals surface area contributed by atoms with Crippen LogP contribution in [0.5, 0.6) is 0 Å². The third-order valence-electron chi connectivity index (χ3n) is 4.91. The van der Waals surface area contributed by atoms with E-state index in [9.17, 15) is 14.9 Å². The van der Waals surface area contributed by atoms with E-state index in [2.05, 4.69) is 25.8 Å². The molecule has 2 heterocycles. The van der Waals surface area contributed by atoms with Crippen LogP contribution in [0.3, 0.4) is 0 Å². The van der Waals surface area contributed by atoms with Crippen LogP contribution in [0, 0.1) is 17.0 Å². The summed E-state index contributed by atoms with van der Waals surface area (Å²) in [7, 11) is 1.72. The molecule has 35 heavy (non-hydrogen) atoms. The van der Waals surface area contributed by atoms with Crippen LogP contribution < -0.4 is 5.43 Å². The Kier molecular flexibility index (Phi) is 7.22. The zero-order chi connectivity index (χ0) is 24.9. The first-order valence-corrected chi connectivity index (χ1v) is 11.6. The summed E-state index contributed by atoms with van der Waals surface area (Å²) in [4.78, 5) is 22.8. The Bertz CT molecular complexity index is 1420. The highest BCUT2D eigenvalue weighted by Crippen LogP contribution is 2.25. The largest absolute Gasteiger partial charge is 0.305 e. The number of hydrogen-bond donors (Lipinski definition) is 1. The predicted molar refractivity (Wildman–Crippen MR) is 133 cm³/mol. The average Bonchev–Trinajstić information content (AvgIpc) is 3.37. The summed E-state index contributed by atoms with van der Waals surface area (Å²) in [5, 5.41) is 28.5. The van der Waals surface area contributed by atoms with Gasteiger partial charge in [0.25, 0.3) is 11.6 Å². The van der Waals surface area contributed by atoms with Gasteiger partial charge in [-0.05, 0) is 19.1 Å². The van der Waals surface area contributed by atoms with Crippen molar-refractivity contribution in [2.75, 3.05) is 5.75 Å². The van der Waals surface area contributed by atoms with E-state index in [1.807, 2.05) is 30.3 Å². The predicted octanol–water partition coefficient (Wildman–Crippen LogP) is 3.78. The topological polar surface area (TPSA) is 133 Å². The van der Waals surface area contributed by atoms with Crippen LogP contribution in [-0.2, 0) is 11.8 Å². The van der Waals surface area contributed by atoms with Crippen LogP contribution >= 0.6 is 23.4 Å². The molecule has 1 amide bonds. The fourth-order valence-electron chi connectivity index (χ4n) is 3.18. The smallest absolute Gasteiger partial charge is 0.270 e. The van der Waals surface area contributed by atoms with E-state index in [4.69, 9.17) is 11.6 Å². The Balaban J connectivity index is 1.37. The van der Waals surface area contributed by atoms with Gasteiger partial charge >= 0.3 is 0 Å². The number of para-hydroxylation sites is 1. The standard InChI is InChI=1S/C22H19ClN8O3S/c1-14-18(20(23)30(28-14)16-8-4-3-5-9-16)12-24-25-19(32)13-35-22-27-26-21(29(22)2)15-7-6-10-17(11-15)31(33)34/h3-12H,13H2,1-2H3,(H,25,32)/b24-12-. The summed E-state index contributed by atoms with van der Waals surface area (Å²) in [6, 6.07) is 15.6. The lowest BCUT2D eigenvalue weighted by Gasteiger charge is -2.04. The van der Waals surface area contributed by atoms with Crippen molar-refractivity contribution >= 4 is 41.2 Å². The molecule has 0 bridgehead atoms. The molecule has 0 fully saturated rings. The molecular weight excluding hydrogens is 492 g/mol. The van der Waals surface area contributed by atoms with E-state index in [-0.39, 0.29) is 17.3 Å². The minimum atomic E-state index is -0.471. The molecule has 11 nitrogen and oxygen atoms in total. The number of aryl methyl sites for hydroxylation is 1. The monoisotopic (exact) mass is 510 g/mol. The second-order valence-corrected chi connectivity index (χ2v) is 8.59. The molecule has 0 aliphatic rings. The van der Waals surface area contributed by atoms with Gasteiger partial charge in [-0.1, -0.05) is 53.7 Å². The van der Waals surface area contributed by atoms with E-state index in [1.165, 1.54) is 18.3 Å². The molecule has 178 valence electrons. The normalized spacial score (nSPS) is 11.2. The van der Waals surface area contributed by atoms with E-state index in [1.54, 1.807) is 35.4 Å². The van der Waals surface area contributed by atoms with Crippen LogP contribution in [0.25, 0.3) is 17.1 Å². The van der Waals surface area contributed by atoms with Crippen molar-refractivity contribution in [3.05, 3.63) is 81.1 Å². The maximum absolute atomic E-state index is 12.3. The molecule has 0 radical (unpaired) electrons. The van der Waals surface area contributed by atoms with E-state index in [0.29, 0.717) is 33.0 Å². The quantitative estimate of drug-likeness (QED) is 0.165. The summed E-state index contributed by atoms with van der Waals surface area (Å²) in [6.45, 7) is 1.80. The number of nitro groups is 1. The van der Waals surface area contributed by atoms with Crippen molar-refractivity contribution < 1.29 is 9.72 Å². The first-order chi connectivity index (χ1) is 16.8. The fraction of sp³-hybridized carbons (Fsp3) is 0.136. The molecule has 2 aromatic heterocycles. The number of aromatic nitrogens is 5. The fourth-order valence-corrected chi connectivity index (χ4v) is 4.20. The first kappa shape index (κ1) is 24.1. The van der Waals surface area contributed by atoms with E-state index in [0.717, 1.165) is 17.4 Å². The van der Waals surface area contributed by atoms with Crippen molar-refractivity contribution in [1.82, 2.24) is 30.0 Å². The van der Waals surface area contributed by atoms with Crippen molar-refractivity contribution in [2.24, 2.45) is 12.1 Å². The summed E-state index contributed by atoms with van der Waals surface area (Å²) in [6.07, 6.45) is 1.45. The summed E-state index contributed by atoms with van der Waals surface area (Å²) >= 11 is 7.62. The van der Waals surface area contributed by atoms with Gasteiger partial charge in [0, 0.05) is 24.7 Å². The van der Waals surface area contributed by atoms with Crippen LogP contribution in [0.4, 0.5) is 5.69 Å². The summed E-state index contributed by atoms with van der Waals surface area (Å²) < 4.78 is 3.27. The third kappa shape index (κ3) is 5.39. The Hall–Kier alpha value is -4.03. The number of amides is 1. The van der Waals surface area contributed by atoms with E-state index < -0.39 is 4.92 Å². The zero-order valence-electron chi connectivity index (χ0n) is 18.6. The molecule has 4 aromatic rings. The highest BCUT2D eigenvalue weighted by molar-refractivity contribution is 7.99. The number of hydrazone groups is 1. The van der Waals surface area contributed by atoms with Crippen molar-refractivity contribution in [1.29, 1.82) is 0 Å². The molecule has 0 atom stereocenters. The maximum atomic E-state index is 12.3.